The van der Waals surface area contributed by atoms with Crippen LogP contribution >= 0.6 is 0 Å². The van der Waals surface area contributed by atoms with E-state index in [9.17, 15) is 13.2 Å². The van der Waals surface area contributed by atoms with E-state index in [2.05, 4.69) is 9.72 Å². The fourth-order valence-corrected chi connectivity index (χ4v) is 5.08. The average molecular weight is 385 g/mol. The average Bonchev–Trinajstić information content (AvgIpc) is 3.07. The second-order valence-electron chi connectivity index (χ2n) is 7.25. The minimum absolute atomic E-state index is 0.00346. The van der Waals surface area contributed by atoms with E-state index in [-0.39, 0.29) is 35.4 Å². The predicted molar refractivity (Wildman–Crippen MR) is 94.3 cm³/mol. The van der Waals surface area contributed by atoms with Gasteiger partial charge in [-0.1, -0.05) is 0 Å². The lowest BCUT2D eigenvalue weighted by Crippen LogP contribution is -2.29. The van der Waals surface area contributed by atoms with Crippen LogP contribution in [0.4, 0.5) is 0 Å². The third-order valence-corrected chi connectivity index (χ3v) is 6.59. The van der Waals surface area contributed by atoms with Crippen LogP contribution in [0.1, 0.15) is 31.4 Å². The number of imidazole rings is 1. The number of ether oxygens (including phenoxy) is 2. The van der Waals surface area contributed by atoms with Crippen molar-refractivity contribution in [2.24, 2.45) is 5.92 Å². The Kier molecular flexibility index (Phi) is 5.99. The molecule has 0 aromatic carbocycles. The number of carbonyl (C=O) groups is 1. The van der Waals surface area contributed by atoms with Crippen molar-refractivity contribution in [2.45, 2.75) is 50.0 Å². The Bertz CT molecular complexity index is 736. The molecule has 8 nitrogen and oxygen atoms in total. The molecule has 1 aromatic rings. The molecule has 26 heavy (non-hydrogen) atoms. The van der Waals surface area contributed by atoms with Crippen molar-refractivity contribution < 1.29 is 22.7 Å². The van der Waals surface area contributed by atoms with E-state index < -0.39 is 9.84 Å². The molecule has 1 aromatic heterocycles. The second kappa shape index (κ2) is 8.06. The molecule has 2 aliphatic rings. The van der Waals surface area contributed by atoms with Crippen molar-refractivity contribution in [2.75, 3.05) is 33.1 Å². The highest BCUT2D eigenvalue weighted by Crippen LogP contribution is 2.32. The number of hydrogen-bond acceptors (Lipinski definition) is 7. The van der Waals surface area contributed by atoms with E-state index in [1.165, 1.54) is 7.11 Å². The van der Waals surface area contributed by atoms with Gasteiger partial charge in [0.25, 0.3) is 0 Å². The first-order valence-electron chi connectivity index (χ1n) is 9.03. The van der Waals surface area contributed by atoms with Crippen LogP contribution in [0.25, 0.3) is 0 Å². The van der Waals surface area contributed by atoms with Gasteiger partial charge >= 0.3 is 5.97 Å². The van der Waals surface area contributed by atoms with Crippen molar-refractivity contribution in [1.82, 2.24) is 14.5 Å². The van der Waals surface area contributed by atoms with Gasteiger partial charge in [-0.3, -0.25) is 9.69 Å². The Morgan fingerprint density at radius 3 is 2.81 bits per heavy atom. The number of likely N-dealkylation sites (N-methyl/N-ethyl adjacent to an activating group) is 1. The quantitative estimate of drug-likeness (QED) is 0.582. The van der Waals surface area contributed by atoms with Crippen molar-refractivity contribution in [3.63, 3.8) is 0 Å². The minimum Gasteiger partial charge on any atom is -0.468 e. The molecule has 0 amide bonds. The van der Waals surface area contributed by atoms with Gasteiger partial charge in [-0.05, 0) is 38.6 Å². The maximum Gasteiger partial charge on any atom is 0.319 e. The van der Waals surface area contributed by atoms with Gasteiger partial charge < -0.3 is 14.0 Å². The van der Waals surface area contributed by atoms with E-state index in [0.29, 0.717) is 19.7 Å². The smallest absolute Gasteiger partial charge is 0.319 e. The maximum absolute atomic E-state index is 12.8. The van der Waals surface area contributed by atoms with Crippen LogP contribution in [0.3, 0.4) is 0 Å². The van der Waals surface area contributed by atoms with Crippen LogP contribution in [0.2, 0.25) is 0 Å². The summed E-state index contributed by atoms with van der Waals surface area (Å²) in [5, 5.41) is 0.126. The third kappa shape index (κ3) is 4.83. The Morgan fingerprint density at radius 2 is 2.19 bits per heavy atom. The summed E-state index contributed by atoms with van der Waals surface area (Å²) in [5.41, 5.74) is 0.765. The summed E-state index contributed by atoms with van der Waals surface area (Å²) in [6.07, 6.45) is 5.45. The van der Waals surface area contributed by atoms with E-state index in [4.69, 9.17) is 4.74 Å². The van der Waals surface area contributed by atoms with E-state index in [0.717, 1.165) is 31.4 Å². The molecule has 1 saturated carbocycles. The lowest BCUT2D eigenvalue weighted by molar-refractivity contribution is -0.141. The largest absolute Gasteiger partial charge is 0.468 e. The van der Waals surface area contributed by atoms with Gasteiger partial charge in [0, 0.05) is 13.2 Å². The standard InChI is InChI=1S/C17H27N3O5S/c1-19(11-16(21)24-2)9-14-8-18-17(26(22,23)12-13-5-6-13)20(14)10-15-4-3-7-25-15/h8,13,15H,3-7,9-12H2,1-2H3. The molecule has 2 fully saturated rings. The topological polar surface area (TPSA) is 90.7 Å². The van der Waals surface area contributed by atoms with Crippen molar-refractivity contribution >= 4 is 15.8 Å². The second-order valence-corrected chi connectivity index (χ2v) is 9.18. The van der Waals surface area contributed by atoms with E-state index in [1.807, 2.05) is 0 Å². The first kappa shape index (κ1) is 19.3. The number of rotatable bonds is 9. The van der Waals surface area contributed by atoms with Crippen LogP contribution < -0.4 is 0 Å². The van der Waals surface area contributed by atoms with Crippen molar-refractivity contribution in [3.05, 3.63) is 11.9 Å². The summed E-state index contributed by atoms with van der Waals surface area (Å²) < 4.78 is 37.7. The molecule has 2 heterocycles. The highest BCUT2D eigenvalue weighted by Gasteiger charge is 2.33. The Hall–Kier alpha value is -1.45. The van der Waals surface area contributed by atoms with Gasteiger partial charge in [-0.25, -0.2) is 13.4 Å². The van der Waals surface area contributed by atoms with Gasteiger partial charge in [-0.2, -0.15) is 0 Å². The minimum atomic E-state index is -3.43. The first-order chi connectivity index (χ1) is 12.4. The fraction of sp³-hybridized carbons (Fsp3) is 0.765. The predicted octanol–water partition coefficient (Wildman–Crippen LogP) is 0.851. The summed E-state index contributed by atoms with van der Waals surface area (Å²) in [6.45, 7) is 1.72. The lowest BCUT2D eigenvalue weighted by atomic mass is 10.2. The van der Waals surface area contributed by atoms with Crippen LogP contribution in [-0.2, 0) is 37.2 Å². The van der Waals surface area contributed by atoms with Gasteiger partial charge in [0.1, 0.15) is 0 Å². The fourth-order valence-electron chi connectivity index (χ4n) is 3.24. The maximum atomic E-state index is 12.8. The highest BCUT2D eigenvalue weighted by molar-refractivity contribution is 7.91. The van der Waals surface area contributed by atoms with Crippen LogP contribution in [0, 0.1) is 5.92 Å². The molecule has 9 heteroatoms. The van der Waals surface area contributed by atoms with Crippen LogP contribution in [-0.4, -0.2) is 68.0 Å². The molecule has 0 N–H and O–H groups in total. The summed E-state index contributed by atoms with van der Waals surface area (Å²) in [5.74, 6) is 0.0880. The zero-order valence-electron chi connectivity index (χ0n) is 15.4. The van der Waals surface area contributed by atoms with E-state index >= 15 is 0 Å². The number of aromatic nitrogens is 2. The Labute approximate surface area is 154 Å². The molecule has 146 valence electrons. The van der Waals surface area contributed by atoms with Crippen molar-refractivity contribution in [1.29, 1.82) is 0 Å². The van der Waals surface area contributed by atoms with Crippen LogP contribution in [0.5, 0.6) is 0 Å². The summed E-state index contributed by atoms with van der Waals surface area (Å²) in [7, 11) is -0.288. The number of nitrogens with zero attached hydrogens (tertiary/aromatic N) is 3. The van der Waals surface area contributed by atoms with Crippen LogP contribution in [0.15, 0.2) is 11.4 Å². The highest BCUT2D eigenvalue weighted by atomic mass is 32.2. The molecular formula is C17H27N3O5S. The zero-order chi connectivity index (χ0) is 18.7. The number of sulfone groups is 1. The molecule has 1 saturated heterocycles. The zero-order valence-corrected chi connectivity index (χ0v) is 16.2. The molecular weight excluding hydrogens is 358 g/mol. The molecule has 1 aliphatic carbocycles. The molecule has 1 atom stereocenters. The molecule has 1 unspecified atom stereocenters. The number of esters is 1. The van der Waals surface area contributed by atoms with Gasteiger partial charge in [0.05, 0.1) is 43.9 Å². The Morgan fingerprint density at radius 1 is 1.42 bits per heavy atom. The molecule has 0 bridgehead atoms. The summed E-state index contributed by atoms with van der Waals surface area (Å²) in [4.78, 5) is 17.5. The molecule has 0 radical (unpaired) electrons. The number of methoxy groups -OCH3 is 1. The molecule has 1 aliphatic heterocycles. The summed E-state index contributed by atoms with van der Waals surface area (Å²) in [6, 6.07) is 0. The lowest BCUT2D eigenvalue weighted by Gasteiger charge is -2.19. The third-order valence-electron chi connectivity index (χ3n) is 4.80. The summed E-state index contributed by atoms with van der Waals surface area (Å²) >= 11 is 0. The van der Waals surface area contributed by atoms with Gasteiger partial charge in [0.2, 0.25) is 15.0 Å². The normalized spacial score (nSPS) is 20.7. The number of hydrogen-bond donors (Lipinski definition) is 0. The molecule has 3 rings (SSSR count). The Balaban J connectivity index is 1.81. The molecule has 0 spiro atoms. The monoisotopic (exact) mass is 385 g/mol. The van der Waals surface area contributed by atoms with E-state index in [1.54, 1.807) is 22.7 Å². The number of carbonyl (C=O) groups excluding carboxylic acids is 1. The van der Waals surface area contributed by atoms with Gasteiger partial charge in [0.15, 0.2) is 0 Å². The van der Waals surface area contributed by atoms with Crippen molar-refractivity contribution in [3.8, 4) is 0 Å². The SMILES string of the molecule is COC(=O)CN(C)Cc1cnc(S(=O)(=O)CC2CC2)n1CC1CCCO1. The van der Waals surface area contributed by atoms with Gasteiger partial charge in [-0.15, -0.1) is 0 Å². The first-order valence-corrected chi connectivity index (χ1v) is 10.7.